The quantitative estimate of drug-likeness (QED) is 0.881. The fourth-order valence-corrected chi connectivity index (χ4v) is 3.00. The Bertz CT molecular complexity index is 696. The molecule has 2 aromatic rings. The summed E-state index contributed by atoms with van der Waals surface area (Å²) in [6.45, 7) is 5.77. The maximum Gasteiger partial charge on any atom is 0.323 e. The van der Waals surface area contributed by atoms with Gasteiger partial charge in [-0.05, 0) is 36.4 Å². The molecule has 0 atom stereocenters. The van der Waals surface area contributed by atoms with Crippen molar-refractivity contribution in [3.8, 4) is 11.3 Å². The smallest absolute Gasteiger partial charge is 0.323 e. The van der Waals surface area contributed by atoms with Crippen LogP contribution in [0, 0.1) is 12.8 Å². The highest BCUT2D eigenvalue weighted by Gasteiger charge is 2.21. The van der Waals surface area contributed by atoms with E-state index in [0.717, 1.165) is 11.3 Å². The van der Waals surface area contributed by atoms with E-state index in [9.17, 15) is 9.59 Å². The SMILES string of the molecule is Cc1nc(-c2ccsc2)ccc1C(=O)N(CC(=O)O)CC(C)C. The standard InChI is InChI=1S/C17H20N2O3S/c1-11(2)8-19(9-16(20)21)17(22)14-4-5-15(18-12(14)3)13-6-7-23-10-13/h4-7,10-11H,8-9H2,1-3H3,(H,20,21). The summed E-state index contributed by atoms with van der Waals surface area (Å²) < 4.78 is 0. The molecule has 0 spiro atoms. The summed E-state index contributed by atoms with van der Waals surface area (Å²) in [5.74, 6) is -1.11. The molecule has 23 heavy (non-hydrogen) atoms. The van der Waals surface area contributed by atoms with Gasteiger partial charge in [0, 0.05) is 17.5 Å². The third-order valence-corrected chi connectivity index (χ3v) is 4.02. The van der Waals surface area contributed by atoms with Gasteiger partial charge in [0.1, 0.15) is 6.54 Å². The summed E-state index contributed by atoms with van der Waals surface area (Å²) >= 11 is 1.59. The zero-order valence-electron chi connectivity index (χ0n) is 13.4. The van der Waals surface area contributed by atoms with E-state index in [-0.39, 0.29) is 18.4 Å². The second kappa shape index (κ2) is 7.37. The minimum atomic E-state index is -1.01. The normalized spacial score (nSPS) is 10.8. The molecule has 1 N–H and O–H groups in total. The van der Waals surface area contributed by atoms with E-state index >= 15 is 0 Å². The number of carboxylic acids is 1. The van der Waals surface area contributed by atoms with Gasteiger partial charge in [-0.25, -0.2) is 0 Å². The molecule has 0 saturated heterocycles. The Balaban J connectivity index is 2.28. The molecular formula is C17H20N2O3S. The van der Waals surface area contributed by atoms with E-state index < -0.39 is 5.97 Å². The van der Waals surface area contributed by atoms with Gasteiger partial charge in [-0.1, -0.05) is 13.8 Å². The van der Waals surface area contributed by atoms with Crippen molar-refractivity contribution < 1.29 is 14.7 Å². The minimum Gasteiger partial charge on any atom is -0.480 e. The van der Waals surface area contributed by atoms with Crippen LogP contribution in [0.25, 0.3) is 11.3 Å². The van der Waals surface area contributed by atoms with Gasteiger partial charge in [0.25, 0.3) is 5.91 Å². The molecule has 2 heterocycles. The van der Waals surface area contributed by atoms with E-state index in [1.165, 1.54) is 4.90 Å². The van der Waals surface area contributed by atoms with Crippen molar-refractivity contribution in [3.63, 3.8) is 0 Å². The highest BCUT2D eigenvalue weighted by molar-refractivity contribution is 7.08. The van der Waals surface area contributed by atoms with Crippen LogP contribution in [0.5, 0.6) is 0 Å². The lowest BCUT2D eigenvalue weighted by Gasteiger charge is -2.23. The highest BCUT2D eigenvalue weighted by atomic mass is 32.1. The van der Waals surface area contributed by atoms with Crippen molar-refractivity contribution in [2.45, 2.75) is 20.8 Å². The van der Waals surface area contributed by atoms with Gasteiger partial charge in [-0.15, -0.1) is 0 Å². The number of pyridine rings is 1. The van der Waals surface area contributed by atoms with E-state index in [1.54, 1.807) is 30.4 Å². The molecule has 0 aliphatic rings. The maximum atomic E-state index is 12.7. The highest BCUT2D eigenvalue weighted by Crippen LogP contribution is 2.22. The molecule has 0 aromatic carbocycles. The molecule has 2 rings (SSSR count). The zero-order valence-corrected chi connectivity index (χ0v) is 14.3. The molecule has 0 aliphatic carbocycles. The number of hydrogen-bond donors (Lipinski definition) is 1. The van der Waals surface area contributed by atoms with Crippen LogP contribution in [0.2, 0.25) is 0 Å². The predicted molar refractivity (Wildman–Crippen MR) is 90.7 cm³/mol. The zero-order chi connectivity index (χ0) is 17.0. The van der Waals surface area contributed by atoms with E-state index in [2.05, 4.69) is 4.98 Å². The van der Waals surface area contributed by atoms with Gasteiger partial charge in [0.15, 0.2) is 0 Å². The molecular weight excluding hydrogens is 312 g/mol. The van der Waals surface area contributed by atoms with Gasteiger partial charge in [0.05, 0.1) is 17.0 Å². The summed E-state index contributed by atoms with van der Waals surface area (Å²) in [4.78, 5) is 29.5. The summed E-state index contributed by atoms with van der Waals surface area (Å²) in [5, 5.41) is 13.0. The summed E-state index contributed by atoms with van der Waals surface area (Å²) in [5.41, 5.74) is 2.89. The van der Waals surface area contributed by atoms with Crippen LogP contribution >= 0.6 is 11.3 Å². The number of amides is 1. The van der Waals surface area contributed by atoms with E-state index in [0.29, 0.717) is 17.8 Å². The van der Waals surface area contributed by atoms with Crippen molar-refractivity contribution in [2.24, 2.45) is 5.92 Å². The van der Waals surface area contributed by atoms with Crippen LogP contribution in [0.3, 0.4) is 0 Å². The Morgan fingerprint density at radius 3 is 2.57 bits per heavy atom. The number of aromatic nitrogens is 1. The lowest BCUT2D eigenvalue weighted by molar-refractivity contribution is -0.137. The van der Waals surface area contributed by atoms with Gasteiger partial charge >= 0.3 is 5.97 Å². The Morgan fingerprint density at radius 2 is 2.04 bits per heavy atom. The first kappa shape index (κ1) is 17.1. The van der Waals surface area contributed by atoms with Crippen molar-refractivity contribution >= 4 is 23.2 Å². The number of aliphatic carboxylic acids is 1. The van der Waals surface area contributed by atoms with Gasteiger partial charge in [0.2, 0.25) is 0 Å². The second-order valence-corrected chi connectivity index (χ2v) is 6.59. The first-order chi connectivity index (χ1) is 10.9. The number of thiophene rings is 1. The number of rotatable bonds is 6. The monoisotopic (exact) mass is 332 g/mol. The maximum absolute atomic E-state index is 12.7. The van der Waals surface area contributed by atoms with Crippen molar-refractivity contribution in [1.82, 2.24) is 9.88 Å². The molecule has 0 radical (unpaired) electrons. The molecule has 5 nitrogen and oxygen atoms in total. The van der Waals surface area contributed by atoms with Crippen molar-refractivity contribution in [3.05, 3.63) is 40.2 Å². The minimum absolute atomic E-state index is 0.191. The van der Waals surface area contributed by atoms with Crippen LogP contribution < -0.4 is 0 Å². The molecule has 0 unspecified atom stereocenters. The Morgan fingerprint density at radius 1 is 1.30 bits per heavy atom. The summed E-state index contributed by atoms with van der Waals surface area (Å²) in [6, 6.07) is 5.51. The molecule has 6 heteroatoms. The Hall–Kier alpha value is -2.21. The first-order valence-electron chi connectivity index (χ1n) is 7.39. The number of carboxylic acid groups (broad SMARTS) is 1. The molecule has 1 amide bonds. The molecule has 0 saturated carbocycles. The van der Waals surface area contributed by atoms with Crippen LogP contribution in [0.15, 0.2) is 29.0 Å². The lowest BCUT2D eigenvalue weighted by atomic mass is 10.1. The molecule has 2 aromatic heterocycles. The predicted octanol–water partition coefficient (Wildman–Crippen LogP) is 3.30. The topological polar surface area (TPSA) is 70.5 Å². The van der Waals surface area contributed by atoms with Gasteiger partial charge < -0.3 is 10.0 Å². The Labute approximate surface area is 139 Å². The number of nitrogens with zero attached hydrogens (tertiary/aromatic N) is 2. The molecule has 0 bridgehead atoms. The van der Waals surface area contributed by atoms with Gasteiger partial charge in [-0.2, -0.15) is 11.3 Å². The van der Waals surface area contributed by atoms with Crippen LogP contribution in [0.4, 0.5) is 0 Å². The molecule has 0 fully saturated rings. The van der Waals surface area contributed by atoms with Crippen molar-refractivity contribution in [1.29, 1.82) is 0 Å². The number of aryl methyl sites for hydroxylation is 1. The van der Waals surface area contributed by atoms with Crippen molar-refractivity contribution in [2.75, 3.05) is 13.1 Å². The fourth-order valence-electron chi connectivity index (χ4n) is 2.35. The summed E-state index contributed by atoms with van der Waals surface area (Å²) in [6.07, 6.45) is 0. The number of carbonyl (C=O) groups is 2. The van der Waals surface area contributed by atoms with Crippen LogP contribution in [-0.2, 0) is 4.79 Å². The average Bonchev–Trinajstić information content (AvgIpc) is 2.99. The Kier molecular flexibility index (Phi) is 5.50. The number of hydrogen-bond acceptors (Lipinski definition) is 4. The molecule has 122 valence electrons. The van der Waals surface area contributed by atoms with Crippen LogP contribution in [0.1, 0.15) is 29.9 Å². The fraction of sp³-hybridized carbons (Fsp3) is 0.353. The molecule has 0 aliphatic heterocycles. The summed E-state index contributed by atoms with van der Waals surface area (Å²) in [7, 11) is 0. The average molecular weight is 332 g/mol. The first-order valence-corrected chi connectivity index (χ1v) is 8.34. The van der Waals surface area contributed by atoms with E-state index in [4.69, 9.17) is 5.11 Å². The third kappa shape index (κ3) is 4.39. The lowest BCUT2D eigenvalue weighted by Crippen LogP contribution is -2.38. The van der Waals surface area contributed by atoms with Gasteiger partial charge in [-0.3, -0.25) is 14.6 Å². The second-order valence-electron chi connectivity index (χ2n) is 5.81. The number of carbonyl (C=O) groups excluding carboxylic acids is 1. The largest absolute Gasteiger partial charge is 0.480 e. The van der Waals surface area contributed by atoms with Crippen LogP contribution in [-0.4, -0.2) is 40.0 Å². The third-order valence-electron chi connectivity index (χ3n) is 3.33. The van der Waals surface area contributed by atoms with E-state index in [1.807, 2.05) is 30.7 Å².